The van der Waals surface area contributed by atoms with Crippen LogP contribution in [0.1, 0.15) is 25.5 Å². The molecule has 3 aliphatic rings. The summed E-state index contributed by atoms with van der Waals surface area (Å²) in [6, 6.07) is 0. The summed E-state index contributed by atoms with van der Waals surface area (Å²) in [5.74, 6) is 0.841. The average Bonchev–Trinajstić information content (AvgIpc) is 3.50. The normalized spacial score (nSPS) is 21.1. The maximum atomic E-state index is 12.7. The number of ether oxygens (including phenoxy) is 1. The molecule has 0 saturated carbocycles. The molecule has 0 bridgehead atoms. The van der Waals surface area contributed by atoms with Gasteiger partial charge in [-0.1, -0.05) is 11.6 Å². The third-order valence-electron chi connectivity index (χ3n) is 6.71. The van der Waals surface area contributed by atoms with E-state index in [9.17, 15) is 9.59 Å². The molecule has 1 aliphatic carbocycles. The second-order valence-electron chi connectivity index (χ2n) is 8.60. The third kappa shape index (κ3) is 4.54. The quantitative estimate of drug-likeness (QED) is 0.574. The minimum Gasteiger partial charge on any atom is -0.457 e. The third-order valence-corrected chi connectivity index (χ3v) is 6.71. The Bertz CT molecular complexity index is 1090. The van der Waals surface area contributed by atoms with Crippen molar-refractivity contribution in [3.63, 3.8) is 0 Å². The molecule has 11 heteroatoms. The lowest BCUT2D eigenvalue weighted by atomic mass is 9.83. The van der Waals surface area contributed by atoms with E-state index < -0.39 is 0 Å². The zero-order valence-electron chi connectivity index (χ0n) is 18.6. The highest BCUT2D eigenvalue weighted by Crippen LogP contribution is 2.35. The Hall–Kier alpha value is -3.47. The molecule has 2 aromatic rings. The second-order valence-corrected chi connectivity index (χ2v) is 8.60. The maximum absolute atomic E-state index is 12.7. The lowest BCUT2D eigenvalue weighted by molar-refractivity contribution is -0.135. The number of cyclic esters (lactones) is 1. The van der Waals surface area contributed by atoms with Gasteiger partial charge in [0.25, 0.3) is 0 Å². The Morgan fingerprint density at radius 2 is 2.03 bits per heavy atom. The topological polar surface area (TPSA) is 119 Å². The minimum atomic E-state index is -0.182. The fourth-order valence-corrected chi connectivity index (χ4v) is 4.62. The summed E-state index contributed by atoms with van der Waals surface area (Å²) in [6.07, 6.45) is 8.80. The minimum absolute atomic E-state index is 0.0653. The highest BCUT2D eigenvalue weighted by Gasteiger charge is 2.32. The number of aromatic nitrogens is 6. The Kier molecular flexibility index (Phi) is 5.95. The number of hydrogen-bond donors (Lipinski definition) is 0. The van der Waals surface area contributed by atoms with Crippen molar-refractivity contribution in [2.45, 2.75) is 26.2 Å². The largest absolute Gasteiger partial charge is 0.457 e. The summed E-state index contributed by atoms with van der Waals surface area (Å²) in [4.78, 5) is 37.4. The molecule has 0 spiro atoms. The molecule has 1 unspecified atom stereocenters. The number of esters is 1. The first-order valence-electron chi connectivity index (χ1n) is 11.2. The Balaban J connectivity index is 1.07. The Morgan fingerprint density at radius 1 is 1.18 bits per heavy atom. The predicted molar refractivity (Wildman–Crippen MR) is 116 cm³/mol. The van der Waals surface area contributed by atoms with E-state index in [1.165, 1.54) is 16.6 Å². The monoisotopic (exact) mass is 450 g/mol. The summed E-state index contributed by atoms with van der Waals surface area (Å²) in [5.41, 5.74) is 3.77. The van der Waals surface area contributed by atoms with Crippen LogP contribution in [-0.4, -0.2) is 91.2 Å². The number of carbonyl (C=O) groups excluding carboxylic acids is 2. The van der Waals surface area contributed by atoms with Gasteiger partial charge in [0.15, 0.2) is 5.82 Å². The van der Waals surface area contributed by atoms with Crippen LogP contribution < -0.4 is 0 Å². The summed E-state index contributed by atoms with van der Waals surface area (Å²) in [5, 5.41) is 10.9. The van der Waals surface area contributed by atoms with Gasteiger partial charge >= 0.3 is 5.97 Å². The molecule has 4 heterocycles. The lowest BCUT2D eigenvalue weighted by Crippen LogP contribution is -2.49. The molecule has 0 radical (unpaired) electrons. The van der Waals surface area contributed by atoms with E-state index in [1.807, 2.05) is 11.0 Å². The second kappa shape index (κ2) is 9.18. The van der Waals surface area contributed by atoms with Crippen LogP contribution >= 0.6 is 0 Å². The smallest absolute Gasteiger partial charge is 0.338 e. The highest BCUT2D eigenvalue weighted by molar-refractivity contribution is 5.97. The predicted octanol–water partition coefficient (Wildman–Crippen LogP) is 0.349. The number of nitrogens with zero attached hydrogens (tertiary/aromatic N) is 8. The summed E-state index contributed by atoms with van der Waals surface area (Å²) in [6.45, 7) is 6.68. The van der Waals surface area contributed by atoms with E-state index in [0.717, 1.165) is 43.6 Å². The first-order chi connectivity index (χ1) is 16.1. The standard InChI is InChI=1S/C22H26N8O3/c1-15-16(2-3-18-19(15)13-33-22(18)32)4-5-28-6-8-29(9-7-28)21(31)10-17-11-24-20(12-23-17)30-14-25-26-27-30/h3,11-12,14,16H,2,4-10,13H2,1H3. The molecule has 172 valence electrons. The van der Waals surface area contributed by atoms with Crippen LogP contribution in [0.5, 0.6) is 0 Å². The number of fused-ring (bicyclic) bond motifs is 1. The van der Waals surface area contributed by atoms with E-state index in [-0.39, 0.29) is 18.3 Å². The molecule has 2 saturated heterocycles. The van der Waals surface area contributed by atoms with E-state index in [1.54, 1.807) is 12.4 Å². The van der Waals surface area contributed by atoms with Crippen LogP contribution in [0.15, 0.2) is 41.5 Å². The molecule has 2 aromatic heterocycles. The van der Waals surface area contributed by atoms with Crippen LogP contribution in [0.4, 0.5) is 0 Å². The van der Waals surface area contributed by atoms with Gasteiger partial charge in [0.05, 0.1) is 30.1 Å². The SMILES string of the molecule is CC1=C2COC(=O)C2=CCC1CCN1CCN(C(=O)Cc2cnc(-n3cnnn3)cn2)CC1. The van der Waals surface area contributed by atoms with Crippen molar-refractivity contribution in [2.24, 2.45) is 5.92 Å². The van der Waals surface area contributed by atoms with Crippen molar-refractivity contribution in [1.29, 1.82) is 0 Å². The molecule has 2 fully saturated rings. The van der Waals surface area contributed by atoms with Gasteiger partial charge in [-0.15, -0.1) is 5.10 Å². The van der Waals surface area contributed by atoms with Crippen LogP contribution in [0, 0.1) is 5.92 Å². The molecule has 11 nitrogen and oxygen atoms in total. The van der Waals surface area contributed by atoms with E-state index in [2.05, 4.69) is 37.3 Å². The van der Waals surface area contributed by atoms with Crippen molar-refractivity contribution in [3.8, 4) is 5.82 Å². The van der Waals surface area contributed by atoms with Gasteiger partial charge in [-0.05, 0) is 42.7 Å². The molecule has 2 aliphatic heterocycles. The van der Waals surface area contributed by atoms with Gasteiger partial charge in [-0.3, -0.25) is 14.7 Å². The number of hydrogen-bond acceptors (Lipinski definition) is 9. The number of allylic oxidation sites excluding steroid dienone is 2. The summed E-state index contributed by atoms with van der Waals surface area (Å²) >= 11 is 0. The number of piperazine rings is 1. The van der Waals surface area contributed by atoms with Gasteiger partial charge in [0.1, 0.15) is 12.9 Å². The fraction of sp³-hybridized carbons (Fsp3) is 0.500. The van der Waals surface area contributed by atoms with Crippen LogP contribution in [0.3, 0.4) is 0 Å². The zero-order valence-corrected chi connectivity index (χ0v) is 18.6. The Morgan fingerprint density at radius 3 is 2.76 bits per heavy atom. The van der Waals surface area contributed by atoms with Crippen molar-refractivity contribution in [3.05, 3.63) is 47.2 Å². The van der Waals surface area contributed by atoms with Crippen LogP contribution in [-0.2, 0) is 20.7 Å². The van der Waals surface area contributed by atoms with Crippen molar-refractivity contribution in [1.82, 2.24) is 40.0 Å². The van der Waals surface area contributed by atoms with Gasteiger partial charge in [-0.2, -0.15) is 4.68 Å². The van der Waals surface area contributed by atoms with Crippen LogP contribution in [0.25, 0.3) is 5.82 Å². The first-order valence-corrected chi connectivity index (χ1v) is 11.2. The number of amides is 1. The number of rotatable bonds is 6. The Labute approximate surface area is 191 Å². The molecule has 0 N–H and O–H groups in total. The summed E-state index contributed by atoms with van der Waals surface area (Å²) in [7, 11) is 0. The van der Waals surface area contributed by atoms with Crippen molar-refractivity contribution < 1.29 is 14.3 Å². The van der Waals surface area contributed by atoms with Gasteiger partial charge in [0.2, 0.25) is 5.91 Å². The van der Waals surface area contributed by atoms with Crippen molar-refractivity contribution >= 4 is 11.9 Å². The highest BCUT2D eigenvalue weighted by atomic mass is 16.5. The van der Waals surface area contributed by atoms with E-state index >= 15 is 0 Å². The maximum Gasteiger partial charge on any atom is 0.338 e. The summed E-state index contributed by atoms with van der Waals surface area (Å²) < 4.78 is 6.60. The van der Waals surface area contributed by atoms with E-state index in [4.69, 9.17) is 4.74 Å². The van der Waals surface area contributed by atoms with Crippen LogP contribution in [0.2, 0.25) is 0 Å². The lowest BCUT2D eigenvalue weighted by Gasteiger charge is -2.35. The van der Waals surface area contributed by atoms with Gasteiger partial charge in [0, 0.05) is 31.8 Å². The average molecular weight is 451 g/mol. The molecule has 5 rings (SSSR count). The number of tetrazole rings is 1. The van der Waals surface area contributed by atoms with Gasteiger partial charge in [-0.25, -0.2) is 9.78 Å². The molecule has 1 atom stereocenters. The molecular weight excluding hydrogens is 424 g/mol. The number of carbonyl (C=O) groups is 2. The zero-order chi connectivity index (χ0) is 22.8. The van der Waals surface area contributed by atoms with Gasteiger partial charge < -0.3 is 9.64 Å². The first kappa shape index (κ1) is 21.4. The fourth-order valence-electron chi connectivity index (χ4n) is 4.62. The molecular formula is C22H26N8O3. The van der Waals surface area contributed by atoms with E-state index in [0.29, 0.717) is 37.1 Å². The molecule has 0 aromatic carbocycles. The molecule has 1 amide bonds. The molecule has 33 heavy (non-hydrogen) atoms. The van der Waals surface area contributed by atoms with Crippen molar-refractivity contribution in [2.75, 3.05) is 39.3 Å².